The minimum Gasteiger partial charge on any atom is -0.384 e. The maximum atomic E-state index is 10.9. The van der Waals surface area contributed by atoms with Crippen molar-refractivity contribution in [1.29, 1.82) is 5.26 Å². The number of piperazine rings is 1. The fraction of sp³-hybridized carbons (Fsp3) is 0.429. The van der Waals surface area contributed by atoms with Gasteiger partial charge in [0.2, 0.25) is 5.95 Å². The van der Waals surface area contributed by atoms with Gasteiger partial charge in [-0.05, 0) is 50.1 Å². The lowest BCUT2D eigenvalue weighted by Crippen LogP contribution is -2.44. The van der Waals surface area contributed by atoms with Gasteiger partial charge in [0.05, 0.1) is 18.5 Å². The highest BCUT2D eigenvalue weighted by Gasteiger charge is 2.36. The van der Waals surface area contributed by atoms with Crippen LogP contribution >= 0.6 is 0 Å². The van der Waals surface area contributed by atoms with Crippen LogP contribution < -0.4 is 15.5 Å². The molecule has 3 heterocycles. The van der Waals surface area contributed by atoms with Gasteiger partial charge in [-0.3, -0.25) is 0 Å². The van der Waals surface area contributed by atoms with E-state index in [1.807, 2.05) is 25.1 Å². The van der Waals surface area contributed by atoms with Gasteiger partial charge in [-0.1, -0.05) is 19.1 Å². The van der Waals surface area contributed by atoms with E-state index in [1.165, 1.54) is 6.20 Å². The van der Waals surface area contributed by atoms with Gasteiger partial charge in [0, 0.05) is 50.2 Å². The lowest BCUT2D eigenvalue weighted by molar-refractivity contribution is 0.0307. The summed E-state index contributed by atoms with van der Waals surface area (Å²) in [5.74, 6) is 1.24. The molecule has 0 amide bonds. The van der Waals surface area contributed by atoms with Crippen LogP contribution in [0, 0.1) is 11.3 Å². The van der Waals surface area contributed by atoms with Gasteiger partial charge in [-0.25, -0.2) is 9.97 Å². The lowest BCUT2D eigenvalue weighted by Gasteiger charge is -2.35. The van der Waals surface area contributed by atoms with E-state index in [4.69, 9.17) is 4.74 Å². The first-order chi connectivity index (χ1) is 18.4. The van der Waals surface area contributed by atoms with Crippen LogP contribution in [0.15, 0.2) is 36.5 Å². The average molecular weight is 515 g/mol. The smallest absolute Gasteiger partial charge is 0.229 e. The van der Waals surface area contributed by atoms with E-state index in [0.717, 1.165) is 55.1 Å². The van der Waals surface area contributed by atoms with Crippen LogP contribution in [0.25, 0.3) is 0 Å². The number of pyridine rings is 1. The summed E-state index contributed by atoms with van der Waals surface area (Å²) in [5, 5.41) is 27.1. The molecule has 2 aromatic heterocycles. The molecule has 198 valence electrons. The molecule has 0 spiro atoms. The highest BCUT2D eigenvalue weighted by Crippen LogP contribution is 2.39. The van der Waals surface area contributed by atoms with Crippen LogP contribution in [0.2, 0.25) is 0 Å². The largest absolute Gasteiger partial charge is 0.384 e. The normalized spacial score (nSPS) is 19.2. The quantitative estimate of drug-likeness (QED) is 0.410. The number of benzene rings is 1. The Hall–Kier alpha value is -3.78. The van der Waals surface area contributed by atoms with Crippen LogP contribution in [-0.4, -0.2) is 65.3 Å². The van der Waals surface area contributed by atoms with Crippen molar-refractivity contribution >= 4 is 29.0 Å². The number of ether oxygens (including phenoxy) is 1. The number of hydrogen-bond donors (Lipinski definition) is 3. The predicted octanol–water partition coefficient (Wildman–Crippen LogP) is 3.67. The zero-order valence-electron chi connectivity index (χ0n) is 22.2. The van der Waals surface area contributed by atoms with Crippen molar-refractivity contribution in [3.8, 4) is 6.07 Å². The number of methoxy groups -OCH3 is 1. The zero-order valence-corrected chi connectivity index (χ0v) is 22.2. The summed E-state index contributed by atoms with van der Waals surface area (Å²) < 4.78 is 5.44. The number of rotatable bonds is 8. The fourth-order valence-corrected chi connectivity index (χ4v) is 5.10. The Morgan fingerprint density at radius 3 is 2.68 bits per heavy atom. The third kappa shape index (κ3) is 5.27. The second kappa shape index (κ2) is 10.9. The molecule has 10 nitrogen and oxygen atoms in total. The number of nitrogens with zero attached hydrogens (tertiary/aromatic N) is 6. The number of aromatic nitrogens is 3. The van der Waals surface area contributed by atoms with Crippen molar-refractivity contribution in [2.75, 3.05) is 55.9 Å². The first-order valence-electron chi connectivity index (χ1n) is 13.0. The number of anilines is 5. The number of fused-ring (bicyclic) bond motifs is 1. The van der Waals surface area contributed by atoms with Gasteiger partial charge in [0.1, 0.15) is 23.1 Å². The van der Waals surface area contributed by atoms with Gasteiger partial charge < -0.3 is 30.3 Å². The molecule has 1 aromatic carbocycles. The van der Waals surface area contributed by atoms with E-state index in [-0.39, 0.29) is 0 Å². The molecule has 0 bridgehead atoms. The molecule has 1 saturated heterocycles. The minimum atomic E-state index is -0.917. The molecule has 1 fully saturated rings. The van der Waals surface area contributed by atoms with Crippen LogP contribution in [0.4, 0.5) is 29.0 Å². The summed E-state index contributed by atoms with van der Waals surface area (Å²) in [5.41, 5.74) is 4.24. The van der Waals surface area contributed by atoms with E-state index in [2.05, 4.69) is 60.6 Å². The van der Waals surface area contributed by atoms with Crippen LogP contribution in [0.3, 0.4) is 0 Å². The third-order valence-corrected chi connectivity index (χ3v) is 7.45. The number of likely N-dealkylation sites (N-methyl/N-ethyl adjacent to an activating group) is 1. The molecular formula is C28H34N8O2. The van der Waals surface area contributed by atoms with Crippen molar-refractivity contribution in [2.45, 2.75) is 38.4 Å². The fourth-order valence-electron chi connectivity index (χ4n) is 5.10. The van der Waals surface area contributed by atoms with Gasteiger partial charge in [-0.15, -0.1) is 0 Å². The standard InChI is InChI=1S/C28H34N8O2/c1-4-28(37)10-9-19-6-8-24(32-25(19)28)33-26-21(16-29)17-30-27(34-26)31-22-7-5-20(18-38-3)23(15-22)36-13-11-35(2)12-14-36/h5-8,15,17,37H,4,9-14,18H2,1-3H3,(H2,30,31,32,33,34). The average Bonchev–Trinajstić information content (AvgIpc) is 3.27. The van der Waals surface area contributed by atoms with Crippen LogP contribution in [0.1, 0.15) is 42.1 Å². The maximum absolute atomic E-state index is 10.9. The highest BCUT2D eigenvalue weighted by atomic mass is 16.5. The molecule has 3 aromatic rings. The summed E-state index contributed by atoms with van der Waals surface area (Å²) >= 11 is 0. The Kier molecular flexibility index (Phi) is 7.42. The topological polar surface area (TPSA) is 122 Å². The SMILES string of the molecule is CCC1(O)CCc2ccc(Nc3nc(Nc4ccc(COC)c(N5CCN(C)CC5)c4)ncc3C#N)nc21. The number of aliphatic hydroxyl groups is 1. The molecule has 38 heavy (non-hydrogen) atoms. The van der Waals surface area contributed by atoms with Gasteiger partial charge in [0.25, 0.3) is 0 Å². The second-order valence-corrected chi connectivity index (χ2v) is 9.97. The van der Waals surface area contributed by atoms with Crippen molar-refractivity contribution in [3.05, 3.63) is 58.9 Å². The minimum absolute atomic E-state index is 0.303. The molecule has 0 saturated carbocycles. The van der Waals surface area contributed by atoms with E-state index < -0.39 is 5.60 Å². The first-order valence-corrected chi connectivity index (χ1v) is 13.0. The molecule has 1 atom stereocenters. The Morgan fingerprint density at radius 2 is 1.95 bits per heavy atom. The molecule has 1 aliphatic heterocycles. The van der Waals surface area contributed by atoms with E-state index >= 15 is 0 Å². The molecule has 5 rings (SSSR count). The van der Waals surface area contributed by atoms with Crippen molar-refractivity contribution < 1.29 is 9.84 Å². The number of aryl methyl sites for hydroxylation is 1. The zero-order chi connectivity index (χ0) is 26.7. The number of hydrogen-bond acceptors (Lipinski definition) is 10. The summed E-state index contributed by atoms with van der Waals surface area (Å²) in [6.45, 7) is 6.39. The van der Waals surface area contributed by atoms with E-state index in [1.54, 1.807) is 7.11 Å². The predicted molar refractivity (Wildman–Crippen MR) is 147 cm³/mol. The first kappa shape index (κ1) is 25.9. The molecule has 2 aliphatic rings. The molecule has 10 heteroatoms. The molecule has 0 radical (unpaired) electrons. The van der Waals surface area contributed by atoms with Crippen molar-refractivity contribution in [3.63, 3.8) is 0 Å². The highest BCUT2D eigenvalue weighted by molar-refractivity contribution is 5.68. The Bertz CT molecular complexity index is 1350. The summed E-state index contributed by atoms with van der Waals surface area (Å²) in [4.78, 5) is 18.3. The van der Waals surface area contributed by atoms with E-state index in [0.29, 0.717) is 48.3 Å². The van der Waals surface area contributed by atoms with Gasteiger partial charge >= 0.3 is 0 Å². The monoisotopic (exact) mass is 514 g/mol. The summed E-state index contributed by atoms with van der Waals surface area (Å²) in [6.07, 6.45) is 3.56. The van der Waals surface area contributed by atoms with Crippen molar-refractivity contribution in [1.82, 2.24) is 19.9 Å². The Labute approximate surface area is 223 Å². The van der Waals surface area contributed by atoms with Gasteiger partial charge in [-0.2, -0.15) is 10.2 Å². The second-order valence-electron chi connectivity index (χ2n) is 9.97. The maximum Gasteiger partial charge on any atom is 0.229 e. The van der Waals surface area contributed by atoms with Crippen LogP contribution in [-0.2, 0) is 23.4 Å². The van der Waals surface area contributed by atoms with Crippen molar-refractivity contribution in [2.24, 2.45) is 0 Å². The molecule has 1 aliphatic carbocycles. The Morgan fingerprint density at radius 1 is 1.13 bits per heavy atom. The molecular weight excluding hydrogens is 480 g/mol. The number of nitrogens with one attached hydrogen (secondary N) is 2. The van der Waals surface area contributed by atoms with E-state index in [9.17, 15) is 10.4 Å². The number of nitriles is 1. The van der Waals surface area contributed by atoms with Gasteiger partial charge in [0.15, 0.2) is 5.82 Å². The lowest BCUT2D eigenvalue weighted by atomic mass is 9.98. The Balaban J connectivity index is 1.40. The summed E-state index contributed by atoms with van der Waals surface area (Å²) in [6, 6.07) is 12.1. The molecule has 3 N–H and O–H groups in total. The summed E-state index contributed by atoms with van der Waals surface area (Å²) in [7, 11) is 3.85. The van der Waals surface area contributed by atoms with Crippen LogP contribution in [0.5, 0.6) is 0 Å². The molecule has 1 unspecified atom stereocenters. The third-order valence-electron chi connectivity index (χ3n) is 7.45.